The first-order chi connectivity index (χ1) is 22.4. The van der Waals surface area contributed by atoms with E-state index in [0.29, 0.717) is 28.7 Å². The molecule has 0 spiro atoms. The van der Waals surface area contributed by atoms with Gasteiger partial charge in [0.05, 0.1) is 29.9 Å². The maximum absolute atomic E-state index is 13.2. The second-order valence-corrected chi connectivity index (χ2v) is 11.4. The number of anilines is 3. The summed E-state index contributed by atoms with van der Waals surface area (Å²) in [6.07, 6.45) is -4.20. The van der Waals surface area contributed by atoms with Gasteiger partial charge in [-0.15, -0.1) is 0 Å². The highest BCUT2D eigenvalue weighted by Gasteiger charge is 2.44. The number of methoxy groups -OCH3 is 1. The van der Waals surface area contributed by atoms with Gasteiger partial charge in [0.25, 0.3) is 10.0 Å². The number of carbonyl (C=O) groups excluding carboxylic acids is 1. The number of hydroxylamine groups is 1. The van der Waals surface area contributed by atoms with Crippen LogP contribution in [0.2, 0.25) is 0 Å². The lowest BCUT2D eigenvalue weighted by Crippen LogP contribution is -2.38. The van der Waals surface area contributed by atoms with Gasteiger partial charge in [-0.3, -0.25) is 4.98 Å². The highest BCUT2D eigenvalue weighted by atomic mass is 32.2. The second-order valence-electron chi connectivity index (χ2n) is 9.61. The summed E-state index contributed by atoms with van der Waals surface area (Å²) in [6.45, 7) is -0.858. The molecule has 5 aromatic rings. The van der Waals surface area contributed by atoms with E-state index in [9.17, 15) is 26.4 Å². The molecule has 0 bridgehead atoms. The monoisotopic (exact) mass is 666 g/mol. The standard InChI is InChI=1S/C31H25F3N6O6S/c1-44-23-11-13-26(14-12-23)47(42,43)40(46-29(41)31(32,33)34)19-22-17-25(15-16-36-22)45-24-9-7-21(8-10-24)37-28-18-27(38-30(35)39-28)20-5-3-2-4-6-20/h2-18H,19H2,1H3,(H3,35,37,38,39). The number of aromatic nitrogens is 3. The van der Waals surface area contributed by atoms with Gasteiger partial charge >= 0.3 is 12.1 Å². The fraction of sp³-hybridized carbons (Fsp3) is 0.0968. The molecule has 0 aliphatic carbocycles. The van der Waals surface area contributed by atoms with Crippen molar-refractivity contribution < 1.29 is 40.7 Å². The minimum Gasteiger partial charge on any atom is -0.497 e. The van der Waals surface area contributed by atoms with Crippen LogP contribution in [0.15, 0.2) is 108 Å². The molecule has 0 saturated heterocycles. The average Bonchev–Trinajstić information content (AvgIpc) is 3.05. The predicted octanol–water partition coefficient (Wildman–Crippen LogP) is 5.88. The zero-order valence-corrected chi connectivity index (χ0v) is 25.2. The Morgan fingerprint density at radius 1 is 0.894 bits per heavy atom. The van der Waals surface area contributed by atoms with E-state index in [2.05, 4.69) is 25.1 Å². The van der Waals surface area contributed by atoms with Crippen molar-refractivity contribution in [2.24, 2.45) is 0 Å². The predicted molar refractivity (Wildman–Crippen MR) is 164 cm³/mol. The van der Waals surface area contributed by atoms with E-state index in [4.69, 9.17) is 15.2 Å². The van der Waals surface area contributed by atoms with Crippen molar-refractivity contribution in [2.45, 2.75) is 17.6 Å². The number of ether oxygens (including phenoxy) is 2. The number of halogens is 3. The smallest absolute Gasteiger partial charge is 0.492 e. The fourth-order valence-corrected chi connectivity index (χ4v) is 5.27. The number of sulfonamides is 1. The molecule has 0 atom stereocenters. The summed E-state index contributed by atoms with van der Waals surface area (Å²) < 4.78 is 76.3. The van der Waals surface area contributed by atoms with Crippen LogP contribution in [0.1, 0.15) is 5.69 Å². The summed E-state index contributed by atoms with van der Waals surface area (Å²) in [5.41, 5.74) is 7.98. The highest BCUT2D eigenvalue weighted by Crippen LogP contribution is 2.28. The van der Waals surface area contributed by atoms with Crippen molar-refractivity contribution >= 4 is 33.4 Å². The normalized spacial score (nSPS) is 11.6. The van der Waals surface area contributed by atoms with Gasteiger partial charge in [0.2, 0.25) is 5.95 Å². The summed E-state index contributed by atoms with van der Waals surface area (Å²) in [5, 5.41) is 3.15. The molecule has 47 heavy (non-hydrogen) atoms. The number of nitrogens with two attached hydrogens (primary N) is 1. The van der Waals surface area contributed by atoms with Crippen LogP contribution >= 0.6 is 0 Å². The lowest BCUT2D eigenvalue weighted by Gasteiger charge is -2.21. The first kappa shape index (κ1) is 32.6. The van der Waals surface area contributed by atoms with Crippen LogP contribution in [0.4, 0.5) is 30.6 Å². The van der Waals surface area contributed by atoms with Crippen molar-refractivity contribution in [1.82, 2.24) is 19.4 Å². The van der Waals surface area contributed by atoms with E-state index in [1.807, 2.05) is 30.3 Å². The molecular weight excluding hydrogens is 641 g/mol. The van der Waals surface area contributed by atoms with Gasteiger partial charge in [0, 0.05) is 29.6 Å². The molecule has 0 unspecified atom stereocenters. The van der Waals surface area contributed by atoms with Gasteiger partial charge in [-0.05, 0) is 59.1 Å². The Hall–Kier alpha value is -5.74. The van der Waals surface area contributed by atoms with E-state index in [1.54, 1.807) is 30.3 Å². The van der Waals surface area contributed by atoms with E-state index >= 15 is 0 Å². The Morgan fingerprint density at radius 2 is 1.57 bits per heavy atom. The summed E-state index contributed by atoms with van der Waals surface area (Å²) in [5.74, 6) is -1.33. The largest absolute Gasteiger partial charge is 0.497 e. The number of rotatable bonds is 11. The van der Waals surface area contributed by atoms with Crippen LogP contribution in [-0.4, -0.2) is 47.1 Å². The van der Waals surface area contributed by atoms with Crippen molar-refractivity contribution in [3.05, 3.63) is 109 Å². The van der Waals surface area contributed by atoms with Crippen molar-refractivity contribution in [2.75, 3.05) is 18.2 Å². The zero-order chi connectivity index (χ0) is 33.6. The van der Waals surface area contributed by atoms with Gasteiger partial charge in [-0.1, -0.05) is 30.3 Å². The topological polar surface area (TPSA) is 159 Å². The van der Waals surface area contributed by atoms with Crippen LogP contribution in [0.25, 0.3) is 11.3 Å². The van der Waals surface area contributed by atoms with E-state index in [0.717, 1.165) is 17.7 Å². The third kappa shape index (κ3) is 8.30. The SMILES string of the molecule is COc1ccc(S(=O)(=O)N(Cc2cc(Oc3ccc(Nc4cc(-c5ccccc5)nc(N)n4)cc3)ccn2)OC(=O)C(F)(F)F)cc1. The molecule has 2 aromatic heterocycles. The molecule has 5 rings (SSSR count). The maximum Gasteiger partial charge on any atom is 0.492 e. The van der Waals surface area contributed by atoms with Crippen molar-refractivity contribution in [1.29, 1.82) is 0 Å². The number of alkyl halides is 3. The lowest BCUT2D eigenvalue weighted by atomic mass is 10.1. The third-order valence-corrected chi connectivity index (χ3v) is 7.90. The van der Waals surface area contributed by atoms with Crippen molar-refractivity contribution in [3.63, 3.8) is 0 Å². The molecule has 16 heteroatoms. The third-order valence-electron chi connectivity index (χ3n) is 6.30. The number of hydrogen-bond donors (Lipinski definition) is 2. The van der Waals surface area contributed by atoms with Crippen molar-refractivity contribution in [3.8, 4) is 28.5 Å². The number of pyridine rings is 1. The molecule has 12 nitrogen and oxygen atoms in total. The minimum absolute atomic E-state index is 0.0802. The molecule has 0 aliphatic rings. The molecule has 242 valence electrons. The number of nitrogens with zero attached hydrogens (tertiary/aromatic N) is 4. The molecule has 2 heterocycles. The Bertz CT molecular complexity index is 1960. The first-order valence-corrected chi connectivity index (χ1v) is 15.0. The number of nitrogen functional groups attached to an aromatic ring is 1. The number of carbonyl (C=O) groups is 1. The summed E-state index contributed by atoms with van der Waals surface area (Å²) in [4.78, 5) is 28.0. The molecule has 0 amide bonds. The number of nitrogens with one attached hydrogen (secondary N) is 1. The summed E-state index contributed by atoms with van der Waals surface area (Å²) in [7, 11) is -3.42. The Morgan fingerprint density at radius 3 is 2.23 bits per heavy atom. The van der Waals surface area contributed by atoms with Gasteiger partial charge in [-0.2, -0.15) is 18.2 Å². The lowest BCUT2D eigenvalue weighted by molar-refractivity contribution is -0.224. The minimum atomic E-state index is -5.46. The van der Waals surface area contributed by atoms with Crippen LogP contribution in [0, 0.1) is 0 Å². The van der Waals surface area contributed by atoms with Gasteiger partial charge in [0.1, 0.15) is 23.1 Å². The number of benzene rings is 3. The Labute approximate surface area is 266 Å². The highest BCUT2D eigenvalue weighted by molar-refractivity contribution is 7.89. The quantitative estimate of drug-likeness (QED) is 0.162. The second kappa shape index (κ2) is 13.7. The molecule has 0 radical (unpaired) electrons. The molecule has 0 saturated carbocycles. The van der Waals surface area contributed by atoms with Crippen LogP contribution < -0.4 is 20.5 Å². The molecular formula is C31H25F3N6O6S. The average molecular weight is 667 g/mol. The van der Waals surface area contributed by atoms with Gasteiger partial charge < -0.3 is 25.4 Å². The van der Waals surface area contributed by atoms with E-state index < -0.39 is 33.6 Å². The molecule has 0 aliphatic heterocycles. The zero-order valence-electron chi connectivity index (χ0n) is 24.4. The fourth-order valence-electron chi connectivity index (χ4n) is 4.09. The van der Waals surface area contributed by atoms with E-state index in [1.165, 1.54) is 37.6 Å². The Balaban J connectivity index is 1.31. The first-order valence-electron chi connectivity index (χ1n) is 13.6. The molecule has 0 fully saturated rings. The van der Waals surface area contributed by atoms with Gasteiger partial charge in [0.15, 0.2) is 0 Å². The summed E-state index contributed by atoms with van der Waals surface area (Å²) >= 11 is 0. The van der Waals surface area contributed by atoms with Crippen LogP contribution in [-0.2, 0) is 26.2 Å². The maximum atomic E-state index is 13.2. The Kier molecular flexibility index (Phi) is 9.53. The molecule has 3 N–H and O–H groups in total. The van der Waals surface area contributed by atoms with Gasteiger partial charge in [-0.25, -0.2) is 18.2 Å². The van der Waals surface area contributed by atoms with E-state index in [-0.39, 0.29) is 21.9 Å². The molecule has 3 aromatic carbocycles. The number of hydrogen-bond acceptors (Lipinski definition) is 11. The van der Waals surface area contributed by atoms with Crippen LogP contribution in [0.3, 0.4) is 0 Å². The van der Waals surface area contributed by atoms with Crippen LogP contribution in [0.5, 0.6) is 17.2 Å². The summed E-state index contributed by atoms with van der Waals surface area (Å²) in [6, 6.07) is 25.4.